The molecular weight excluding hydrogens is 345 g/mol. The van der Waals surface area contributed by atoms with Crippen LogP contribution in [0.2, 0.25) is 0 Å². The van der Waals surface area contributed by atoms with E-state index in [9.17, 15) is 9.18 Å². The van der Waals surface area contributed by atoms with E-state index in [1.165, 1.54) is 18.2 Å². The molecule has 0 fully saturated rings. The predicted octanol–water partition coefficient (Wildman–Crippen LogP) is 4.94. The van der Waals surface area contributed by atoms with Crippen LogP contribution in [-0.2, 0) is 0 Å². The Bertz CT molecular complexity index is 1160. The van der Waals surface area contributed by atoms with Gasteiger partial charge in [-0.3, -0.25) is 4.79 Å². The van der Waals surface area contributed by atoms with Crippen molar-refractivity contribution in [2.24, 2.45) is 0 Å². The lowest BCUT2D eigenvalue weighted by Gasteiger charge is -2.06. The quantitative estimate of drug-likeness (QED) is 0.561. The molecule has 1 N–H and O–H groups in total. The number of hydrogen-bond donors (Lipinski definition) is 1. The molecule has 2 aromatic carbocycles. The van der Waals surface area contributed by atoms with E-state index >= 15 is 0 Å². The normalized spacial score (nSPS) is 11.1. The first-order valence-corrected chi connectivity index (χ1v) is 8.57. The Kier molecular flexibility index (Phi) is 4.03. The fourth-order valence-electron chi connectivity index (χ4n) is 3.22. The molecular formula is C21H18FN3O2. The summed E-state index contributed by atoms with van der Waals surface area (Å²) < 4.78 is 20.9. The summed E-state index contributed by atoms with van der Waals surface area (Å²) in [6.07, 6.45) is 0. The summed E-state index contributed by atoms with van der Waals surface area (Å²) in [5, 5.41) is 8.01. The van der Waals surface area contributed by atoms with Crippen molar-refractivity contribution in [3.8, 4) is 5.69 Å². The minimum atomic E-state index is -0.386. The van der Waals surface area contributed by atoms with Crippen molar-refractivity contribution >= 4 is 22.6 Å². The summed E-state index contributed by atoms with van der Waals surface area (Å²) in [6.45, 7) is 5.47. The van der Waals surface area contributed by atoms with E-state index in [4.69, 9.17) is 4.42 Å². The van der Waals surface area contributed by atoms with Gasteiger partial charge in [-0.05, 0) is 51.1 Å². The van der Waals surface area contributed by atoms with Gasteiger partial charge in [0, 0.05) is 10.9 Å². The van der Waals surface area contributed by atoms with Gasteiger partial charge in [-0.15, -0.1) is 0 Å². The van der Waals surface area contributed by atoms with Crippen molar-refractivity contribution in [2.45, 2.75) is 20.8 Å². The summed E-state index contributed by atoms with van der Waals surface area (Å²) in [4.78, 5) is 12.8. The Hall–Kier alpha value is -3.41. The Morgan fingerprint density at radius 3 is 2.59 bits per heavy atom. The average Bonchev–Trinajstić information content (AvgIpc) is 3.14. The molecule has 0 saturated heterocycles. The van der Waals surface area contributed by atoms with Gasteiger partial charge in [-0.2, -0.15) is 5.10 Å². The monoisotopic (exact) mass is 363 g/mol. The highest BCUT2D eigenvalue weighted by Crippen LogP contribution is 2.28. The van der Waals surface area contributed by atoms with Gasteiger partial charge in [-0.25, -0.2) is 9.07 Å². The number of halogens is 1. The van der Waals surface area contributed by atoms with Crippen molar-refractivity contribution in [3.05, 3.63) is 77.1 Å². The number of nitrogens with zero attached hydrogens (tertiary/aromatic N) is 2. The number of aromatic nitrogens is 2. The van der Waals surface area contributed by atoms with Crippen LogP contribution in [0.15, 0.2) is 52.9 Å². The molecule has 6 heteroatoms. The second-order valence-electron chi connectivity index (χ2n) is 6.44. The zero-order valence-corrected chi connectivity index (χ0v) is 15.2. The molecule has 2 aromatic heterocycles. The smallest absolute Gasteiger partial charge is 0.291 e. The van der Waals surface area contributed by atoms with E-state index in [0.717, 1.165) is 11.4 Å². The Morgan fingerprint density at radius 1 is 1.11 bits per heavy atom. The lowest BCUT2D eigenvalue weighted by atomic mass is 10.1. The van der Waals surface area contributed by atoms with Crippen LogP contribution in [0.25, 0.3) is 16.7 Å². The van der Waals surface area contributed by atoms with Crippen LogP contribution < -0.4 is 5.32 Å². The molecule has 0 radical (unpaired) electrons. The van der Waals surface area contributed by atoms with Crippen molar-refractivity contribution in [2.75, 3.05) is 5.32 Å². The van der Waals surface area contributed by atoms with Gasteiger partial charge in [0.05, 0.1) is 22.8 Å². The molecule has 0 bridgehead atoms. The number of aryl methyl sites for hydroxylation is 2. The fourth-order valence-corrected chi connectivity index (χ4v) is 3.22. The van der Waals surface area contributed by atoms with Crippen LogP contribution in [0, 0.1) is 26.6 Å². The zero-order chi connectivity index (χ0) is 19.1. The summed E-state index contributed by atoms with van der Waals surface area (Å²) in [5.74, 6) is -0.584. The second-order valence-corrected chi connectivity index (χ2v) is 6.44. The molecule has 0 aliphatic heterocycles. The molecule has 136 valence electrons. The molecule has 0 aliphatic carbocycles. The first-order chi connectivity index (χ1) is 13.0. The van der Waals surface area contributed by atoms with E-state index in [1.54, 1.807) is 11.6 Å². The van der Waals surface area contributed by atoms with Crippen LogP contribution in [0.4, 0.5) is 10.1 Å². The second kappa shape index (κ2) is 6.39. The number of para-hydroxylation sites is 1. The van der Waals surface area contributed by atoms with Crippen LogP contribution >= 0.6 is 0 Å². The standard InChI is InChI=1S/C21H18FN3O2/c1-12-17-11-15(22)9-10-18(17)27-20(12)21(26)23-19-13(2)24-25(14(19)3)16-7-5-4-6-8-16/h4-11H,1-3H3,(H,23,26). The number of furan rings is 1. The van der Waals surface area contributed by atoms with Gasteiger partial charge in [-0.1, -0.05) is 18.2 Å². The SMILES string of the molecule is Cc1nn(-c2ccccc2)c(C)c1NC(=O)c1oc2ccc(F)cc2c1C. The van der Waals surface area contributed by atoms with Gasteiger partial charge in [0.1, 0.15) is 11.4 Å². The maximum Gasteiger partial charge on any atom is 0.291 e. The van der Waals surface area contributed by atoms with E-state index in [1.807, 2.05) is 44.2 Å². The number of rotatable bonds is 3. The lowest BCUT2D eigenvalue weighted by molar-refractivity contribution is 0.0997. The van der Waals surface area contributed by atoms with Gasteiger partial charge in [0.2, 0.25) is 0 Å². The number of amides is 1. The van der Waals surface area contributed by atoms with Crippen LogP contribution in [-0.4, -0.2) is 15.7 Å². The molecule has 0 unspecified atom stereocenters. The highest BCUT2D eigenvalue weighted by molar-refractivity contribution is 6.07. The largest absolute Gasteiger partial charge is 0.451 e. The molecule has 27 heavy (non-hydrogen) atoms. The predicted molar refractivity (Wildman–Crippen MR) is 102 cm³/mol. The van der Waals surface area contributed by atoms with Crippen molar-refractivity contribution in [1.29, 1.82) is 0 Å². The lowest BCUT2D eigenvalue weighted by Crippen LogP contribution is -2.13. The van der Waals surface area contributed by atoms with Gasteiger partial charge >= 0.3 is 0 Å². The summed E-state index contributed by atoms with van der Waals surface area (Å²) in [6, 6.07) is 13.9. The number of nitrogens with one attached hydrogen (secondary N) is 1. The highest BCUT2D eigenvalue weighted by atomic mass is 19.1. The molecule has 5 nitrogen and oxygen atoms in total. The minimum absolute atomic E-state index is 0.168. The number of benzene rings is 2. The molecule has 0 atom stereocenters. The Balaban J connectivity index is 1.70. The first kappa shape index (κ1) is 17.0. The Morgan fingerprint density at radius 2 is 1.85 bits per heavy atom. The van der Waals surface area contributed by atoms with Crippen LogP contribution in [0.1, 0.15) is 27.5 Å². The molecule has 1 amide bonds. The molecule has 4 aromatic rings. The van der Waals surface area contributed by atoms with Gasteiger partial charge < -0.3 is 9.73 Å². The number of carbonyl (C=O) groups excluding carboxylic acids is 1. The number of carbonyl (C=O) groups is 1. The fraction of sp³-hybridized carbons (Fsp3) is 0.143. The van der Waals surface area contributed by atoms with E-state index < -0.39 is 0 Å². The summed E-state index contributed by atoms with van der Waals surface area (Å²) in [5.41, 5.74) is 4.14. The third kappa shape index (κ3) is 2.89. The average molecular weight is 363 g/mol. The Labute approximate surface area is 155 Å². The van der Waals surface area contributed by atoms with E-state index in [0.29, 0.717) is 27.9 Å². The van der Waals surface area contributed by atoms with Crippen molar-refractivity contribution in [1.82, 2.24) is 9.78 Å². The van der Waals surface area contributed by atoms with Crippen molar-refractivity contribution in [3.63, 3.8) is 0 Å². The highest BCUT2D eigenvalue weighted by Gasteiger charge is 2.21. The van der Waals surface area contributed by atoms with Gasteiger partial charge in [0.15, 0.2) is 5.76 Å². The van der Waals surface area contributed by atoms with E-state index in [-0.39, 0.29) is 17.5 Å². The first-order valence-electron chi connectivity index (χ1n) is 8.57. The summed E-state index contributed by atoms with van der Waals surface area (Å²) >= 11 is 0. The topological polar surface area (TPSA) is 60.1 Å². The van der Waals surface area contributed by atoms with E-state index in [2.05, 4.69) is 10.4 Å². The number of anilines is 1. The molecule has 4 rings (SSSR count). The maximum absolute atomic E-state index is 13.5. The van der Waals surface area contributed by atoms with Gasteiger partial charge in [0.25, 0.3) is 5.91 Å². The third-order valence-corrected chi connectivity index (χ3v) is 4.64. The molecule has 0 saturated carbocycles. The molecule has 2 heterocycles. The zero-order valence-electron chi connectivity index (χ0n) is 15.2. The third-order valence-electron chi connectivity index (χ3n) is 4.64. The molecule has 0 aliphatic rings. The number of hydrogen-bond acceptors (Lipinski definition) is 3. The number of fused-ring (bicyclic) bond motifs is 1. The van der Waals surface area contributed by atoms with Crippen LogP contribution in [0.3, 0.4) is 0 Å². The maximum atomic E-state index is 13.5. The van der Waals surface area contributed by atoms with Crippen molar-refractivity contribution < 1.29 is 13.6 Å². The minimum Gasteiger partial charge on any atom is -0.451 e. The van der Waals surface area contributed by atoms with Crippen LogP contribution in [0.5, 0.6) is 0 Å². The summed E-state index contributed by atoms with van der Waals surface area (Å²) in [7, 11) is 0. The molecule has 0 spiro atoms.